The number of benzene rings is 1. The van der Waals surface area contributed by atoms with E-state index in [4.69, 9.17) is 5.11 Å². The molecule has 10 heteroatoms. The van der Waals surface area contributed by atoms with Crippen molar-refractivity contribution in [3.8, 4) is 16.9 Å². The SMILES string of the molecule is O=C(O)c1ccc(-c2ccc(C(F)(F)F)nc2)cc1OC(F)(F)F. The standard InChI is InChI=1S/C14H7F6NO3/c15-13(16,17)11-4-2-8(6-21-11)7-1-3-9(12(22)23)10(5-7)24-14(18,19)20/h1-6H,(H,22,23). The number of carbonyl (C=O) groups is 1. The van der Waals surface area contributed by atoms with Gasteiger partial charge in [-0.1, -0.05) is 12.1 Å². The van der Waals surface area contributed by atoms with Crippen molar-refractivity contribution in [2.75, 3.05) is 0 Å². The molecule has 2 aromatic rings. The van der Waals surface area contributed by atoms with Gasteiger partial charge in [-0.25, -0.2) is 4.79 Å². The number of alkyl halides is 6. The monoisotopic (exact) mass is 351 g/mol. The lowest BCUT2D eigenvalue weighted by atomic mass is 10.0. The predicted octanol–water partition coefficient (Wildman–Crippen LogP) is 4.36. The summed E-state index contributed by atoms with van der Waals surface area (Å²) in [7, 11) is 0. The van der Waals surface area contributed by atoms with Gasteiger partial charge in [-0.15, -0.1) is 13.2 Å². The van der Waals surface area contributed by atoms with Crippen LogP contribution in [0.4, 0.5) is 26.3 Å². The van der Waals surface area contributed by atoms with Crippen molar-refractivity contribution < 1.29 is 41.0 Å². The molecule has 0 aliphatic carbocycles. The molecule has 1 aromatic carbocycles. The van der Waals surface area contributed by atoms with Gasteiger partial charge in [-0.2, -0.15) is 13.2 Å². The number of aromatic carboxylic acids is 1. The molecule has 4 nitrogen and oxygen atoms in total. The van der Waals surface area contributed by atoms with E-state index >= 15 is 0 Å². The van der Waals surface area contributed by atoms with Crippen LogP contribution in [0.25, 0.3) is 11.1 Å². The second-order valence-electron chi connectivity index (χ2n) is 4.49. The number of ether oxygens (including phenoxy) is 1. The summed E-state index contributed by atoms with van der Waals surface area (Å²) < 4.78 is 78.0. The molecule has 0 aliphatic heterocycles. The van der Waals surface area contributed by atoms with Crippen LogP contribution in [-0.2, 0) is 6.18 Å². The number of aromatic nitrogens is 1. The topological polar surface area (TPSA) is 59.4 Å². The van der Waals surface area contributed by atoms with Crippen molar-refractivity contribution in [2.45, 2.75) is 12.5 Å². The lowest BCUT2D eigenvalue weighted by Crippen LogP contribution is -2.19. The zero-order chi connectivity index (χ0) is 18.1. The van der Waals surface area contributed by atoms with Crippen LogP contribution in [0.5, 0.6) is 5.75 Å². The van der Waals surface area contributed by atoms with Crippen molar-refractivity contribution in [2.24, 2.45) is 0 Å². The molecular weight excluding hydrogens is 344 g/mol. The van der Waals surface area contributed by atoms with E-state index in [9.17, 15) is 31.1 Å². The first-order valence-corrected chi connectivity index (χ1v) is 6.14. The average Bonchev–Trinajstić information content (AvgIpc) is 2.44. The lowest BCUT2D eigenvalue weighted by molar-refractivity contribution is -0.274. The van der Waals surface area contributed by atoms with Gasteiger partial charge in [0.1, 0.15) is 17.0 Å². The van der Waals surface area contributed by atoms with Gasteiger partial charge < -0.3 is 9.84 Å². The number of carboxylic acid groups (broad SMARTS) is 1. The van der Waals surface area contributed by atoms with Gasteiger partial charge in [0.25, 0.3) is 0 Å². The van der Waals surface area contributed by atoms with Gasteiger partial charge >= 0.3 is 18.5 Å². The number of rotatable bonds is 3. The fourth-order valence-electron chi connectivity index (χ4n) is 1.82. The number of hydrogen-bond acceptors (Lipinski definition) is 3. The highest BCUT2D eigenvalue weighted by Gasteiger charge is 2.34. The Morgan fingerprint density at radius 3 is 2.08 bits per heavy atom. The fraction of sp³-hybridized carbons (Fsp3) is 0.143. The molecule has 0 amide bonds. The van der Waals surface area contributed by atoms with Crippen LogP contribution >= 0.6 is 0 Å². The second kappa shape index (κ2) is 6.02. The Hall–Kier alpha value is -2.78. The Bertz CT molecular complexity index is 753. The molecule has 24 heavy (non-hydrogen) atoms. The minimum Gasteiger partial charge on any atom is -0.478 e. The van der Waals surface area contributed by atoms with Gasteiger partial charge in [0.15, 0.2) is 0 Å². The molecule has 0 saturated heterocycles. The van der Waals surface area contributed by atoms with Gasteiger partial charge in [-0.3, -0.25) is 4.98 Å². The van der Waals surface area contributed by atoms with Crippen molar-refractivity contribution in [3.63, 3.8) is 0 Å². The van der Waals surface area contributed by atoms with Crippen LogP contribution in [-0.4, -0.2) is 22.4 Å². The molecule has 0 atom stereocenters. The summed E-state index contributed by atoms with van der Waals surface area (Å²) in [5, 5.41) is 8.87. The molecule has 2 rings (SSSR count). The van der Waals surface area contributed by atoms with Crippen LogP contribution in [0, 0.1) is 0 Å². The highest BCUT2D eigenvalue weighted by molar-refractivity contribution is 5.92. The Kier molecular flexibility index (Phi) is 4.41. The van der Waals surface area contributed by atoms with E-state index in [-0.39, 0.29) is 11.1 Å². The minimum atomic E-state index is -5.12. The predicted molar refractivity (Wildman–Crippen MR) is 68.3 cm³/mol. The first-order valence-electron chi connectivity index (χ1n) is 6.14. The Balaban J connectivity index is 2.44. The summed E-state index contributed by atoms with van der Waals surface area (Å²) in [6.07, 6.45) is -8.96. The third-order valence-electron chi connectivity index (χ3n) is 2.82. The normalized spacial score (nSPS) is 12.1. The number of nitrogens with zero attached hydrogens (tertiary/aromatic N) is 1. The summed E-state index contributed by atoms with van der Waals surface area (Å²) in [6.45, 7) is 0. The van der Waals surface area contributed by atoms with Crippen LogP contribution in [0.1, 0.15) is 16.1 Å². The van der Waals surface area contributed by atoms with Crippen LogP contribution in [0.15, 0.2) is 36.5 Å². The second-order valence-corrected chi connectivity index (χ2v) is 4.49. The van der Waals surface area contributed by atoms with E-state index in [2.05, 4.69) is 9.72 Å². The maximum Gasteiger partial charge on any atom is 0.573 e. The van der Waals surface area contributed by atoms with Crippen LogP contribution in [0.2, 0.25) is 0 Å². The summed E-state index contributed by atoms with van der Waals surface area (Å²) in [4.78, 5) is 14.1. The molecule has 0 bridgehead atoms. The van der Waals surface area contributed by atoms with Crippen LogP contribution in [0.3, 0.4) is 0 Å². The molecule has 128 valence electrons. The van der Waals surface area contributed by atoms with E-state index in [0.717, 1.165) is 30.5 Å². The summed E-state index contributed by atoms with van der Waals surface area (Å²) in [5.74, 6) is -2.63. The minimum absolute atomic E-state index is 0.0143. The van der Waals surface area contributed by atoms with Crippen LogP contribution < -0.4 is 4.74 Å². The molecule has 0 spiro atoms. The third kappa shape index (κ3) is 4.15. The molecule has 0 aliphatic rings. The number of hydrogen-bond donors (Lipinski definition) is 1. The van der Waals surface area contributed by atoms with E-state index in [1.807, 2.05) is 0 Å². The van der Waals surface area contributed by atoms with Gasteiger partial charge in [0, 0.05) is 11.8 Å². The van der Waals surface area contributed by atoms with Gasteiger partial charge in [-0.05, 0) is 23.8 Å². The smallest absolute Gasteiger partial charge is 0.478 e. The number of carboxylic acids is 1. The van der Waals surface area contributed by atoms with Gasteiger partial charge in [0.2, 0.25) is 0 Å². The Morgan fingerprint density at radius 1 is 1.00 bits per heavy atom. The molecule has 0 fully saturated rings. The van der Waals surface area contributed by atoms with Crippen molar-refractivity contribution in [1.29, 1.82) is 0 Å². The Morgan fingerprint density at radius 2 is 1.62 bits per heavy atom. The first kappa shape index (κ1) is 17.6. The first-order chi connectivity index (χ1) is 11.0. The maximum absolute atomic E-state index is 12.4. The summed E-state index contributed by atoms with van der Waals surface area (Å²) in [5.41, 5.74) is -1.83. The highest BCUT2D eigenvalue weighted by atomic mass is 19.4. The lowest BCUT2D eigenvalue weighted by Gasteiger charge is -2.13. The average molecular weight is 351 g/mol. The van der Waals surface area contributed by atoms with Crippen molar-refractivity contribution >= 4 is 5.97 Å². The molecule has 1 heterocycles. The van der Waals surface area contributed by atoms with E-state index < -0.39 is 35.5 Å². The summed E-state index contributed by atoms with van der Waals surface area (Å²) >= 11 is 0. The molecule has 0 saturated carbocycles. The molecule has 0 unspecified atom stereocenters. The zero-order valence-corrected chi connectivity index (χ0v) is 11.4. The maximum atomic E-state index is 12.4. The molecule has 0 radical (unpaired) electrons. The molecule has 1 aromatic heterocycles. The molecule has 1 N–H and O–H groups in total. The fourth-order valence-corrected chi connectivity index (χ4v) is 1.82. The van der Waals surface area contributed by atoms with E-state index in [1.54, 1.807) is 0 Å². The van der Waals surface area contributed by atoms with E-state index in [0.29, 0.717) is 6.07 Å². The zero-order valence-electron chi connectivity index (χ0n) is 11.4. The third-order valence-corrected chi connectivity index (χ3v) is 2.82. The summed E-state index contributed by atoms with van der Waals surface area (Å²) in [6, 6.07) is 4.42. The number of pyridine rings is 1. The van der Waals surface area contributed by atoms with Crippen molar-refractivity contribution in [1.82, 2.24) is 4.98 Å². The van der Waals surface area contributed by atoms with E-state index in [1.165, 1.54) is 0 Å². The van der Waals surface area contributed by atoms with Gasteiger partial charge in [0.05, 0.1) is 0 Å². The number of halogens is 6. The van der Waals surface area contributed by atoms with Crippen molar-refractivity contribution in [3.05, 3.63) is 47.8 Å². The largest absolute Gasteiger partial charge is 0.573 e. The highest BCUT2D eigenvalue weighted by Crippen LogP contribution is 2.33. The Labute approximate surface area is 130 Å². The quantitative estimate of drug-likeness (QED) is 0.835. The molecular formula is C14H7F6NO3.